The maximum absolute atomic E-state index is 10.3. The molecule has 2 aliphatic rings. The second-order valence-corrected chi connectivity index (χ2v) is 15.7. The van der Waals surface area contributed by atoms with Crippen molar-refractivity contribution < 1.29 is 24.8 Å². The van der Waals surface area contributed by atoms with Crippen molar-refractivity contribution in [3.63, 3.8) is 0 Å². The largest absolute Gasteiger partial charge is 0.508 e. The lowest BCUT2D eigenvalue weighted by Crippen LogP contribution is -2.28. The lowest BCUT2D eigenvalue weighted by atomic mass is 9.67. The van der Waals surface area contributed by atoms with E-state index in [1.165, 1.54) is 28.3 Å². The molecule has 0 saturated carbocycles. The van der Waals surface area contributed by atoms with Gasteiger partial charge < -0.3 is 24.8 Å². The van der Waals surface area contributed by atoms with Crippen LogP contribution in [-0.4, -0.2) is 35.1 Å². The predicted octanol–water partition coefficient (Wildman–Crippen LogP) is 12.2. The maximum atomic E-state index is 10.3. The van der Waals surface area contributed by atoms with E-state index >= 15 is 0 Å². The summed E-state index contributed by atoms with van der Waals surface area (Å²) < 4.78 is 12.5. The SMILES string of the molecule is C=C(/C=C\C(O)=C/CO)C1(c2ccc(OCCCCCOc3ccc(C4(c5ccc(O)cc5)c5ccccc5-c5ccccc54)cc3)cc2)c2ccccc2-c2ccccc21. The lowest BCUT2D eigenvalue weighted by Gasteiger charge is -2.34. The van der Waals surface area contributed by atoms with Crippen molar-refractivity contribution in [1.29, 1.82) is 0 Å². The number of allylic oxidation sites excluding steroid dienone is 3. The van der Waals surface area contributed by atoms with E-state index in [1.807, 2.05) is 30.3 Å². The van der Waals surface area contributed by atoms with Crippen LogP contribution >= 0.6 is 0 Å². The quantitative estimate of drug-likeness (QED) is 0.0547. The minimum Gasteiger partial charge on any atom is -0.508 e. The van der Waals surface area contributed by atoms with E-state index in [9.17, 15) is 15.3 Å². The van der Waals surface area contributed by atoms with Gasteiger partial charge >= 0.3 is 0 Å². The molecule has 0 aromatic heterocycles. The van der Waals surface area contributed by atoms with Crippen LogP contribution in [0.3, 0.4) is 0 Å². The van der Waals surface area contributed by atoms with Gasteiger partial charge in [-0.15, -0.1) is 0 Å². The molecule has 302 valence electrons. The Morgan fingerprint density at radius 2 is 0.902 bits per heavy atom. The number of hydrogen-bond acceptors (Lipinski definition) is 5. The van der Waals surface area contributed by atoms with Crippen molar-refractivity contribution in [2.24, 2.45) is 0 Å². The van der Waals surface area contributed by atoms with Gasteiger partial charge in [-0.05, 0) is 135 Å². The number of aliphatic hydroxyl groups is 2. The normalized spacial score (nSPS) is 14.2. The van der Waals surface area contributed by atoms with E-state index in [2.05, 4.69) is 140 Å². The maximum Gasteiger partial charge on any atom is 0.119 e. The van der Waals surface area contributed by atoms with Crippen LogP contribution in [0, 0.1) is 0 Å². The molecule has 0 amide bonds. The lowest BCUT2D eigenvalue weighted by molar-refractivity contribution is 0.279. The summed E-state index contributed by atoms with van der Waals surface area (Å²) in [6.07, 6.45) is 7.56. The average molecular weight is 801 g/mol. The standard InChI is InChI=1S/C56H48O5/c1-39(21-28-44(59)35-36-57)55(51-17-7-3-13-47(51)48-14-4-8-18-52(48)55)40-24-31-45(32-25-40)60-37-11-2-12-38-61-46-33-26-42(27-34-46)56(41-22-29-43(58)30-23-41)53-19-9-5-15-49(53)50-16-6-10-20-54(50)56/h3-10,13-35,57-59H,1-2,11-12,36-38H2/b28-21-,44-35+. The molecule has 9 rings (SSSR count). The van der Waals surface area contributed by atoms with Gasteiger partial charge in [-0.25, -0.2) is 0 Å². The Labute approximate surface area is 357 Å². The van der Waals surface area contributed by atoms with Crippen molar-refractivity contribution in [3.05, 3.63) is 245 Å². The summed E-state index contributed by atoms with van der Waals surface area (Å²) in [7, 11) is 0. The Morgan fingerprint density at radius 1 is 0.492 bits per heavy atom. The zero-order valence-corrected chi connectivity index (χ0v) is 34.0. The molecular weight excluding hydrogens is 753 g/mol. The fourth-order valence-corrected chi connectivity index (χ4v) is 9.65. The third-order valence-corrected chi connectivity index (χ3v) is 12.3. The van der Waals surface area contributed by atoms with E-state index < -0.39 is 10.8 Å². The summed E-state index contributed by atoms with van der Waals surface area (Å²) in [4.78, 5) is 0. The van der Waals surface area contributed by atoms with Crippen molar-refractivity contribution in [2.75, 3.05) is 19.8 Å². The van der Waals surface area contributed by atoms with E-state index in [0.29, 0.717) is 13.2 Å². The van der Waals surface area contributed by atoms with Gasteiger partial charge in [0.15, 0.2) is 0 Å². The van der Waals surface area contributed by atoms with Crippen molar-refractivity contribution in [1.82, 2.24) is 0 Å². The number of phenolic OH excluding ortho intramolecular Hbond substituents is 1. The fourth-order valence-electron chi connectivity index (χ4n) is 9.65. The van der Waals surface area contributed by atoms with Gasteiger partial charge in [-0.2, -0.15) is 0 Å². The first-order valence-corrected chi connectivity index (χ1v) is 21.0. The Bertz CT molecular complexity index is 2650. The van der Waals surface area contributed by atoms with E-state index in [0.717, 1.165) is 75.3 Å². The average Bonchev–Trinajstić information content (AvgIpc) is 3.78. The minimum atomic E-state index is -0.677. The highest BCUT2D eigenvalue weighted by Gasteiger charge is 2.47. The third kappa shape index (κ3) is 6.91. The monoisotopic (exact) mass is 800 g/mol. The van der Waals surface area contributed by atoms with Gasteiger partial charge in [0.2, 0.25) is 0 Å². The van der Waals surface area contributed by atoms with E-state index in [-0.39, 0.29) is 18.1 Å². The highest BCUT2D eigenvalue weighted by Crippen LogP contribution is 2.57. The van der Waals surface area contributed by atoms with E-state index in [1.54, 1.807) is 18.2 Å². The van der Waals surface area contributed by atoms with Gasteiger partial charge in [0.05, 0.1) is 30.7 Å². The molecule has 0 fully saturated rings. The number of phenols is 1. The van der Waals surface area contributed by atoms with Crippen LogP contribution in [0.1, 0.15) is 58.2 Å². The minimum absolute atomic E-state index is 0.0129. The molecule has 0 spiro atoms. The Morgan fingerprint density at radius 3 is 1.38 bits per heavy atom. The van der Waals surface area contributed by atoms with Gasteiger partial charge in [0, 0.05) is 0 Å². The smallest absolute Gasteiger partial charge is 0.119 e. The van der Waals surface area contributed by atoms with Crippen LogP contribution < -0.4 is 9.47 Å². The van der Waals surface area contributed by atoms with E-state index in [4.69, 9.17) is 9.47 Å². The number of benzene rings is 7. The van der Waals surface area contributed by atoms with Crippen LogP contribution in [0.5, 0.6) is 17.2 Å². The molecule has 0 heterocycles. The number of aromatic hydroxyl groups is 1. The summed E-state index contributed by atoms with van der Waals surface area (Å²) in [5.41, 5.74) is 12.4. The molecule has 0 radical (unpaired) electrons. The molecular formula is C56H48O5. The highest BCUT2D eigenvalue weighted by atomic mass is 16.5. The molecule has 5 heteroatoms. The zero-order valence-electron chi connectivity index (χ0n) is 34.0. The number of ether oxygens (including phenoxy) is 2. The fraction of sp³-hybridized carbons (Fsp3) is 0.143. The highest BCUT2D eigenvalue weighted by molar-refractivity contribution is 5.87. The van der Waals surface area contributed by atoms with Gasteiger partial charge in [-0.3, -0.25) is 0 Å². The molecule has 0 unspecified atom stereocenters. The van der Waals surface area contributed by atoms with Gasteiger partial charge in [0.1, 0.15) is 23.0 Å². The second-order valence-electron chi connectivity index (χ2n) is 15.7. The van der Waals surface area contributed by atoms with Crippen LogP contribution in [-0.2, 0) is 10.8 Å². The van der Waals surface area contributed by atoms with Crippen molar-refractivity contribution in [2.45, 2.75) is 30.1 Å². The molecule has 5 nitrogen and oxygen atoms in total. The van der Waals surface area contributed by atoms with Crippen molar-refractivity contribution >= 4 is 0 Å². The third-order valence-electron chi connectivity index (χ3n) is 12.3. The molecule has 61 heavy (non-hydrogen) atoms. The molecule has 3 N–H and O–H groups in total. The Hall–Kier alpha value is -7.08. The van der Waals surface area contributed by atoms with Gasteiger partial charge in [-0.1, -0.05) is 146 Å². The first kappa shape index (κ1) is 39.4. The van der Waals surface area contributed by atoms with Crippen LogP contribution in [0.25, 0.3) is 22.3 Å². The predicted molar refractivity (Wildman–Crippen MR) is 245 cm³/mol. The summed E-state index contributed by atoms with van der Waals surface area (Å²) in [6.45, 7) is 5.52. The number of aliphatic hydroxyl groups excluding tert-OH is 2. The molecule has 0 bridgehead atoms. The number of unbranched alkanes of at least 4 members (excludes halogenated alkanes) is 2. The van der Waals surface area contributed by atoms with Gasteiger partial charge in [0.25, 0.3) is 0 Å². The second kappa shape index (κ2) is 16.9. The van der Waals surface area contributed by atoms with Crippen molar-refractivity contribution in [3.8, 4) is 39.5 Å². The Kier molecular flexibility index (Phi) is 10.9. The molecule has 7 aromatic rings. The number of hydrogen-bond donors (Lipinski definition) is 3. The van der Waals surface area contributed by atoms with Crippen LogP contribution in [0.15, 0.2) is 206 Å². The summed E-state index contributed by atoms with van der Waals surface area (Å²) in [6, 6.07) is 58.5. The molecule has 2 aliphatic carbocycles. The molecule has 0 atom stereocenters. The first-order chi connectivity index (χ1) is 30.0. The van der Waals surface area contributed by atoms with Crippen LogP contribution in [0.2, 0.25) is 0 Å². The molecule has 0 saturated heterocycles. The summed E-state index contributed by atoms with van der Waals surface area (Å²) in [5, 5.41) is 29.8. The molecule has 0 aliphatic heterocycles. The first-order valence-electron chi connectivity index (χ1n) is 21.0. The summed E-state index contributed by atoms with van der Waals surface area (Å²) in [5.74, 6) is 1.87. The Balaban J connectivity index is 0.842. The summed E-state index contributed by atoms with van der Waals surface area (Å²) >= 11 is 0. The van der Waals surface area contributed by atoms with Crippen LogP contribution in [0.4, 0.5) is 0 Å². The molecule has 7 aromatic carbocycles. The number of rotatable bonds is 15. The zero-order chi connectivity index (χ0) is 41.8. The number of fused-ring (bicyclic) bond motifs is 6. The topological polar surface area (TPSA) is 79.2 Å².